The summed E-state index contributed by atoms with van der Waals surface area (Å²) in [4.78, 5) is 23.5. The second-order valence-corrected chi connectivity index (χ2v) is 5.03. The van der Waals surface area contributed by atoms with Crippen molar-refractivity contribution in [2.45, 2.75) is 19.9 Å². The van der Waals surface area contributed by atoms with Crippen LogP contribution in [0.5, 0.6) is 0 Å². The normalized spacial score (nSPS) is 10.2. The van der Waals surface area contributed by atoms with E-state index in [1.165, 1.54) is 12.1 Å². The zero-order valence-electron chi connectivity index (χ0n) is 12.8. The van der Waals surface area contributed by atoms with Crippen molar-refractivity contribution in [1.82, 2.24) is 5.32 Å². The topological polar surface area (TPSA) is 55.4 Å². The van der Waals surface area contributed by atoms with Crippen molar-refractivity contribution in [3.63, 3.8) is 0 Å². The molecular weight excluding hydrogens is 297 g/mol. The van der Waals surface area contributed by atoms with Crippen LogP contribution < -0.4 is 5.32 Å². The number of halogens is 1. The number of hydrogen-bond acceptors (Lipinski definition) is 3. The molecule has 0 heterocycles. The first-order valence-electron chi connectivity index (χ1n) is 7.35. The molecule has 120 valence electrons. The molecule has 5 heteroatoms. The molecule has 0 aliphatic rings. The molecule has 0 saturated heterocycles. The molecule has 0 spiro atoms. The van der Waals surface area contributed by atoms with Gasteiger partial charge in [0, 0.05) is 6.54 Å². The van der Waals surface area contributed by atoms with Crippen molar-refractivity contribution in [1.29, 1.82) is 0 Å². The van der Waals surface area contributed by atoms with Gasteiger partial charge >= 0.3 is 5.97 Å². The van der Waals surface area contributed by atoms with Crippen LogP contribution in [0, 0.1) is 5.82 Å². The minimum atomic E-state index is -0.537. The Hall–Kier alpha value is -2.69. The third-order valence-electron chi connectivity index (χ3n) is 3.34. The molecule has 0 fully saturated rings. The Kier molecular flexibility index (Phi) is 5.86. The van der Waals surface area contributed by atoms with E-state index in [4.69, 9.17) is 4.74 Å². The standard InChI is InChI=1S/C18H18FNO3/c1-2-13-3-7-15(8-4-13)18(22)23-12-17(21)20-11-14-5-9-16(19)10-6-14/h3-10H,2,11-12H2,1H3,(H,20,21). The first kappa shape index (κ1) is 16.7. The highest BCUT2D eigenvalue weighted by Crippen LogP contribution is 2.06. The lowest BCUT2D eigenvalue weighted by molar-refractivity contribution is -0.124. The number of nitrogens with one attached hydrogen (secondary N) is 1. The molecule has 1 amide bonds. The molecule has 0 aliphatic heterocycles. The number of amides is 1. The first-order chi connectivity index (χ1) is 11.1. The second-order valence-electron chi connectivity index (χ2n) is 5.03. The monoisotopic (exact) mass is 315 g/mol. The van der Waals surface area contributed by atoms with E-state index in [1.807, 2.05) is 19.1 Å². The highest BCUT2D eigenvalue weighted by atomic mass is 19.1. The van der Waals surface area contributed by atoms with Crippen LogP contribution in [0.1, 0.15) is 28.4 Å². The third kappa shape index (κ3) is 5.21. The van der Waals surface area contributed by atoms with Crippen molar-refractivity contribution in [2.24, 2.45) is 0 Å². The van der Waals surface area contributed by atoms with E-state index in [9.17, 15) is 14.0 Å². The molecule has 0 bridgehead atoms. The Bertz CT molecular complexity index is 666. The Balaban J connectivity index is 1.76. The van der Waals surface area contributed by atoms with E-state index < -0.39 is 11.9 Å². The third-order valence-corrected chi connectivity index (χ3v) is 3.34. The zero-order chi connectivity index (χ0) is 16.7. The summed E-state index contributed by atoms with van der Waals surface area (Å²) < 4.78 is 17.7. The molecule has 1 N–H and O–H groups in total. The van der Waals surface area contributed by atoms with Gasteiger partial charge in [0.2, 0.25) is 0 Å². The van der Waals surface area contributed by atoms with E-state index in [2.05, 4.69) is 5.32 Å². The smallest absolute Gasteiger partial charge is 0.338 e. The van der Waals surface area contributed by atoms with Crippen molar-refractivity contribution in [3.05, 3.63) is 71.0 Å². The highest BCUT2D eigenvalue weighted by Gasteiger charge is 2.10. The molecule has 0 unspecified atom stereocenters. The van der Waals surface area contributed by atoms with Gasteiger partial charge in [0.15, 0.2) is 6.61 Å². The van der Waals surface area contributed by atoms with Gasteiger partial charge in [0.1, 0.15) is 5.82 Å². The maximum atomic E-state index is 12.8. The summed E-state index contributed by atoms with van der Waals surface area (Å²) in [6.07, 6.45) is 0.890. The number of benzene rings is 2. The van der Waals surface area contributed by atoms with E-state index in [0.717, 1.165) is 17.5 Å². The maximum Gasteiger partial charge on any atom is 0.338 e. The molecule has 0 saturated carbocycles. The van der Waals surface area contributed by atoms with Crippen LogP contribution in [0.25, 0.3) is 0 Å². The summed E-state index contributed by atoms with van der Waals surface area (Å²) >= 11 is 0. The molecule has 23 heavy (non-hydrogen) atoms. The lowest BCUT2D eigenvalue weighted by Gasteiger charge is -2.07. The fraction of sp³-hybridized carbons (Fsp3) is 0.222. The average Bonchev–Trinajstić information content (AvgIpc) is 2.59. The molecule has 0 radical (unpaired) electrons. The second kappa shape index (κ2) is 8.08. The summed E-state index contributed by atoms with van der Waals surface area (Å²) in [7, 11) is 0. The number of ether oxygens (including phenoxy) is 1. The quantitative estimate of drug-likeness (QED) is 0.834. The van der Waals surface area contributed by atoms with Gasteiger partial charge in [-0.05, 0) is 41.8 Å². The van der Waals surface area contributed by atoms with E-state index in [1.54, 1.807) is 24.3 Å². The van der Waals surface area contributed by atoms with Crippen LogP contribution in [0.2, 0.25) is 0 Å². The highest BCUT2D eigenvalue weighted by molar-refractivity contribution is 5.91. The average molecular weight is 315 g/mol. The van der Waals surface area contributed by atoms with Crippen LogP contribution in [0.3, 0.4) is 0 Å². The van der Waals surface area contributed by atoms with Gasteiger partial charge in [0.05, 0.1) is 5.56 Å². The lowest BCUT2D eigenvalue weighted by Crippen LogP contribution is -2.28. The van der Waals surface area contributed by atoms with Crippen LogP contribution in [-0.2, 0) is 22.5 Å². The maximum absolute atomic E-state index is 12.8. The van der Waals surface area contributed by atoms with Crippen LogP contribution in [0.15, 0.2) is 48.5 Å². The molecule has 0 atom stereocenters. The Morgan fingerprint density at radius 3 is 2.22 bits per heavy atom. The van der Waals surface area contributed by atoms with Gasteiger partial charge in [-0.2, -0.15) is 0 Å². The van der Waals surface area contributed by atoms with Gasteiger partial charge in [0.25, 0.3) is 5.91 Å². The molecule has 2 aromatic carbocycles. The van der Waals surface area contributed by atoms with Gasteiger partial charge in [-0.25, -0.2) is 9.18 Å². The van der Waals surface area contributed by atoms with Crippen LogP contribution in [0.4, 0.5) is 4.39 Å². The van der Waals surface area contributed by atoms with Crippen molar-refractivity contribution in [3.8, 4) is 0 Å². The number of hydrogen-bond donors (Lipinski definition) is 1. The molecular formula is C18H18FNO3. The van der Waals surface area contributed by atoms with E-state index >= 15 is 0 Å². The van der Waals surface area contributed by atoms with Gasteiger partial charge in [-0.1, -0.05) is 31.2 Å². The fourth-order valence-electron chi connectivity index (χ4n) is 1.94. The van der Waals surface area contributed by atoms with Crippen molar-refractivity contribution >= 4 is 11.9 Å². The fourth-order valence-corrected chi connectivity index (χ4v) is 1.94. The predicted octanol–water partition coefficient (Wildman–Crippen LogP) is 2.86. The van der Waals surface area contributed by atoms with Crippen molar-refractivity contribution < 1.29 is 18.7 Å². The Morgan fingerprint density at radius 2 is 1.61 bits per heavy atom. The largest absolute Gasteiger partial charge is 0.452 e. The zero-order valence-corrected chi connectivity index (χ0v) is 12.8. The Morgan fingerprint density at radius 1 is 1.00 bits per heavy atom. The first-order valence-corrected chi connectivity index (χ1v) is 7.35. The minimum absolute atomic E-state index is 0.252. The molecule has 2 aromatic rings. The Labute approximate surface area is 134 Å². The van der Waals surface area contributed by atoms with E-state index in [0.29, 0.717) is 5.56 Å². The van der Waals surface area contributed by atoms with E-state index in [-0.39, 0.29) is 19.0 Å². The SMILES string of the molecule is CCc1ccc(C(=O)OCC(=O)NCc2ccc(F)cc2)cc1. The number of aryl methyl sites for hydroxylation is 1. The summed E-state index contributed by atoms with van der Waals surface area (Å²) in [5, 5.41) is 2.60. The molecule has 0 aromatic heterocycles. The van der Waals surface area contributed by atoms with Gasteiger partial charge in [-0.15, -0.1) is 0 Å². The van der Waals surface area contributed by atoms with Crippen molar-refractivity contribution in [2.75, 3.05) is 6.61 Å². The number of carbonyl (C=O) groups excluding carboxylic acids is 2. The van der Waals surface area contributed by atoms with Gasteiger partial charge < -0.3 is 10.1 Å². The summed E-state index contributed by atoms with van der Waals surface area (Å²) in [6, 6.07) is 12.9. The predicted molar refractivity (Wildman–Crippen MR) is 84.3 cm³/mol. The van der Waals surface area contributed by atoms with Gasteiger partial charge in [-0.3, -0.25) is 4.79 Å². The molecule has 0 aliphatic carbocycles. The summed E-state index contributed by atoms with van der Waals surface area (Å²) in [5.74, 6) is -1.28. The number of rotatable bonds is 6. The molecule has 2 rings (SSSR count). The van der Waals surface area contributed by atoms with Crippen LogP contribution in [-0.4, -0.2) is 18.5 Å². The number of carbonyl (C=O) groups is 2. The minimum Gasteiger partial charge on any atom is -0.452 e. The summed E-state index contributed by atoms with van der Waals surface area (Å²) in [6.45, 7) is 1.93. The number of esters is 1. The van der Waals surface area contributed by atoms with Crippen LogP contribution >= 0.6 is 0 Å². The molecule has 4 nitrogen and oxygen atoms in total. The summed E-state index contributed by atoms with van der Waals surface area (Å²) in [5.41, 5.74) is 2.30. The lowest BCUT2D eigenvalue weighted by atomic mass is 10.1.